The molecule has 0 radical (unpaired) electrons. The fraction of sp³-hybridized carbons (Fsp3) is 0.909. The maximum atomic E-state index is 11.5. The van der Waals surface area contributed by atoms with Crippen molar-refractivity contribution in [3.63, 3.8) is 0 Å². The number of carbonyl (C=O) groups excluding carboxylic acids is 1. The summed E-state index contributed by atoms with van der Waals surface area (Å²) in [5.74, 6) is 0.325. The van der Waals surface area contributed by atoms with Crippen LogP contribution in [0.5, 0.6) is 0 Å². The van der Waals surface area contributed by atoms with Gasteiger partial charge < -0.3 is 10.2 Å². The highest BCUT2D eigenvalue weighted by molar-refractivity contribution is 5.75. The van der Waals surface area contributed by atoms with Crippen LogP contribution >= 0.6 is 0 Å². The van der Waals surface area contributed by atoms with Crippen molar-refractivity contribution in [2.24, 2.45) is 5.41 Å². The van der Waals surface area contributed by atoms with Crippen molar-refractivity contribution in [2.75, 3.05) is 26.2 Å². The van der Waals surface area contributed by atoms with Crippen molar-refractivity contribution in [2.45, 2.75) is 32.6 Å². The van der Waals surface area contributed by atoms with Gasteiger partial charge in [0, 0.05) is 26.1 Å². The van der Waals surface area contributed by atoms with E-state index in [9.17, 15) is 4.79 Å². The Labute approximate surface area is 85.8 Å². The first kappa shape index (κ1) is 9.97. The first-order valence-corrected chi connectivity index (χ1v) is 5.74. The summed E-state index contributed by atoms with van der Waals surface area (Å²) in [4.78, 5) is 13.5. The molecule has 0 atom stereocenters. The molecule has 0 aromatic rings. The molecule has 1 spiro atoms. The van der Waals surface area contributed by atoms with Crippen LogP contribution in [0.1, 0.15) is 32.6 Å². The van der Waals surface area contributed by atoms with Crippen LogP contribution in [0.3, 0.4) is 0 Å². The van der Waals surface area contributed by atoms with E-state index in [1.54, 1.807) is 0 Å². The second-order valence-corrected chi connectivity index (χ2v) is 4.66. The lowest BCUT2D eigenvalue weighted by Crippen LogP contribution is -2.43. The van der Waals surface area contributed by atoms with Crippen molar-refractivity contribution in [1.82, 2.24) is 10.2 Å². The summed E-state index contributed by atoms with van der Waals surface area (Å²) in [5.41, 5.74) is 0.532. The van der Waals surface area contributed by atoms with Gasteiger partial charge in [-0.15, -0.1) is 0 Å². The van der Waals surface area contributed by atoms with E-state index < -0.39 is 0 Å². The van der Waals surface area contributed by atoms with Gasteiger partial charge in [-0.1, -0.05) is 6.92 Å². The quantitative estimate of drug-likeness (QED) is 0.678. The molecule has 2 rings (SSSR count). The molecule has 2 fully saturated rings. The zero-order valence-electron chi connectivity index (χ0n) is 9.01. The normalized spacial score (nSPS) is 25.6. The molecule has 3 nitrogen and oxygen atoms in total. The molecular weight excluding hydrogens is 176 g/mol. The molecule has 0 aliphatic carbocycles. The topological polar surface area (TPSA) is 32.3 Å². The van der Waals surface area contributed by atoms with Crippen LogP contribution < -0.4 is 5.32 Å². The first-order valence-electron chi connectivity index (χ1n) is 5.74. The van der Waals surface area contributed by atoms with Crippen molar-refractivity contribution >= 4 is 5.91 Å². The number of hydrogen-bond acceptors (Lipinski definition) is 2. The lowest BCUT2D eigenvalue weighted by atomic mass is 9.78. The maximum absolute atomic E-state index is 11.5. The molecule has 80 valence electrons. The van der Waals surface area contributed by atoms with Crippen molar-refractivity contribution in [1.29, 1.82) is 0 Å². The molecule has 2 aliphatic heterocycles. The van der Waals surface area contributed by atoms with Gasteiger partial charge in [-0.05, 0) is 31.2 Å². The molecule has 2 heterocycles. The summed E-state index contributed by atoms with van der Waals surface area (Å²) in [7, 11) is 0. The van der Waals surface area contributed by atoms with Crippen LogP contribution in [0.25, 0.3) is 0 Å². The van der Waals surface area contributed by atoms with Crippen LogP contribution in [0.4, 0.5) is 0 Å². The highest BCUT2D eigenvalue weighted by atomic mass is 16.2. The highest BCUT2D eigenvalue weighted by Gasteiger charge is 2.37. The molecule has 1 N–H and O–H groups in total. The van der Waals surface area contributed by atoms with Crippen LogP contribution in [0.2, 0.25) is 0 Å². The third-order valence-electron chi connectivity index (χ3n) is 3.81. The fourth-order valence-electron chi connectivity index (χ4n) is 2.68. The average Bonchev–Trinajstić information content (AvgIpc) is 2.67. The van der Waals surface area contributed by atoms with E-state index in [0.717, 1.165) is 13.1 Å². The minimum Gasteiger partial charge on any atom is -0.343 e. The summed E-state index contributed by atoms with van der Waals surface area (Å²) in [5, 5.41) is 3.44. The Morgan fingerprint density at radius 2 is 2.07 bits per heavy atom. The number of rotatable bonds is 1. The van der Waals surface area contributed by atoms with E-state index >= 15 is 0 Å². The molecule has 0 bridgehead atoms. The molecular formula is C11H20N2O. The molecule has 3 heteroatoms. The van der Waals surface area contributed by atoms with E-state index in [1.165, 1.54) is 32.4 Å². The van der Waals surface area contributed by atoms with E-state index in [1.807, 2.05) is 11.8 Å². The molecule has 14 heavy (non-hydrogen) atoms. The highest BCUT2D eigenvalue weighted by Crippen LogP contribution is 2.36. The van der Waals surface area contributed by atoms with Gasteiger partial charge in [0.15, 0.2) is 0 Å². The van der Waals surface area contributed by atoms with E-state index in [-0.39, 0.29) is 0 Å². The van der Waals surface area contributed by atoms with E-state index in [4.69, 9.17) is 0 Å². The molecule has 2 aliphatic rings. The Bertz CT molecular complexity index is 211. The second-order valence-electron chi connectivity index (χ2n) is 4.66. The van der Waals surface area contributed by atoms with Crippen molar-refractivity contribution < 1.29 is 4.79 Å². The van der Waals surface area contributed by atoms with Gasteiger partial charge in [0.25, 0.3) is 0 Å². The van der Waals surface area contributed by atoms with Gasteiger partial charge in [0.05, 0.1) is 0 Å². The smallest absolute Gasteiger partial charge is 0.222 e. The lowest BCUT2D eigenvalue weighted by Gasteiger charge is -2.38. The Morgan fingerprint density at radius 1 is 1.36 bits per heavy atom. The molecule has 1 amide bonds. The SMILES string of the molecule is CCC(=O)N1CCC2(CCNC2)CC1. The maximum Gasteiger partial charge on any atom is 0.222 e. The van der Waals surface area contributed by atoms with Crippen molar-refractivity contribution in [3.05, 3.63) is 0 Å². The minimum absolute atomic E-state index is 0.325. The van der Waals surface area contributed by atoms with Gasteiger partial charge in [-0.3, -0.25) is 4.79 Å². The van der Waals surface area contributed by atoms with Gasteiger partial charge in [0.2, 0.25) is 5.91 Å². The fourth-order valence-corrected chi connectivity index (χ4v) is 2.68. The number of hydrogen-bond donors (Lipinski definition) is 1. The van der Waals surface area contributed by atoms with Gasteiger partial charge >= 0.3 is 0 Å². The molecule has 0 aromatic carbocycles. The molecule has 0 unspecified atom stereocenters. The van der Waals surface area contributed by atoms with Gasteiger partial charge in [-0.2, -0.15) is 0 Å². The van der Waals surface area contributed by atoms with Crippen molar-refractivity contribution in [3.8, 4) is 0 Å². The summed E-state index contributed by atoms with van der Waals surface area (Å²) in [6, 6.07) is 0. The zero-order chi connectivity index (χ0) is 10.0. The average molecular weight is 196 g/mol. The minimum atomic E-state index is 0.325. The predicted molar refractivity (Wildman–Crippen MR) is 56.0 cm³/mol. The summed E-state index contributed by atoms with van der Waals surface area (Å²) in [6.07, 6.45) is 4.36. The Balaban J connectivity index is 1.88. The van der Waals surface area contributed by atoms with E-state index in [0.29, 0.717) is 17.7 Å². The van der Waals surface area contributed by atoms with Gasteiger partial charge in [0.1, 0.15) is 0 Å². The molecule has 2 saturated heterocycles. The third-order valence-corrected chi connectivity index (χ3v) is 3.81. The Morgan fingerprint density at radius 3 is 2.57 bits per heavy atom. The second kappa shape index (κ2) is 3.89. The zero-order valence-corrected chi connectivity index (χ0v) is 9.01. The predicted octanol–water partition coefficient (Wildman–Crippen LogP) is 0.998. The number of nitrogens with zero attached hydrogens (tertiary/aromatic N) is 1. The molecule has 0 saturated carbocycles. The van der Waals surface area contributed by atoms with Crippen LogP contribution in [-0.2, 0) is 4.79 Å². The Hall–Kier alpha value is -0.570. The summed E-state index contributed by atoms with van der Waals surface area (Å²) >= 11 is 0. The molecule has 0 aromatic heterocycles. The number of amides is 1. The number of piperidine rings is 1. The summed E-state index contributed by atoms with van der Waals surface area (Å²) in [6.45, 7) is 6.25. The number of likely N-dealkylation sites (tertiary alicyclic amines) is 1. The van der Waals surface area contributed by atoms with Crippen LogP contribution in [-0.4, -0.2) is 37.0 Å². The monoisotopic (exact) mass is 196 g/mol. The third kappa shape index (κ3) is 1.78. The largest absolute Gasteiger partial charge is 0.343 e. The van der Waals surface area contributed by atoms with E-state index in [2.05, 4.69) is 5.32 Å². The summed E-state index contributed by atoms with van der Waals surface area (Å²) < 4.78 is 0. The lowest BCUT2D eigenvalue weighted by molar-refractivity contribution is -0.133. The number of carbonyl (C=O) groups is 1. The Kier molecular flexibility index (Phi) is 2.77. The van der Waals surface area contributed by atoms with Crippen LogP contribution in [0.15, 0.2) is 0 Å². The number of nitrogens with one attached hydrogen (secondary N) is 1. The first-order chi connectivity index (χ1) is 6.76. The standard InChI is InChI=1S/C11H20N2O/c1-2-10(14)13-7-4-11(5-8-13)3-6-12-9-11/h12H,2-9H2,1H3. The van der Waals surface area contributed by atoms with Crippen LogP contribution in [0, 0.1) is 5.41 Å². The van der Waals surface area contributed by atoms with Gasteiger partial charge in [-0.25, -0.2) is 0 Å².